The predicted octanol–water partition coefficient (Wildman–Crippen LogP) is 5.95. The van der Waals surface area contributed by atoms with E-state index in [1.807, 2.05) is 0 Å². The number of rotatable bonds is 1. The molecule has 1 heteroatoms. The number of benzene rings is 4. The SMILES string of the molecule is Cc1cc2cc3ccccc3cc2cc1-c1ccc2ccccc2[n+]1C. The van der Waals surface area contributed by atoms with E-state index in [2.05, 4.69) is 103 Å². The topological polar surface area (TPSA) is 3.88 Å². The van der Waals surface area contributed by atoms with E-state index in [9.17, 15) is 0 Å². The molecule has 0 N–H and O–H groups in total. The quantitative estimate of drug-likeness (QED) is 0.263. The Bertz CT molecular complexity index is 1300. The van der Waals surface area contributed by atoms with Crippen LogP contribution in [0, 0.1) is 6.92 Å². The Morgan fingerprint density at radius 2 is 1.19 bits per heavy atom. The fourth-order valence-electron chi connectivity index (χ4n) is 4.00. The van der Waals surface area contributed by atoms with Crippen LogP contribution in [-0.2, 0) is 7.05 Å². The summed E-state index contributed by atoms with van der Waals surface area (Å²) < 4.78 is 2.30. The van der Waals surface area contributed by atoms with Crippen molar-refractivity contribution in [2.24, 2.45) is 7.05 Å². The second-order valence-corrected chi connectivity index (χ2v) is 7.05. The Hall–Kier alpha value is -3.19. The summed E-state index contributed by atoms with van der Waals surface area (Å²) in [5, 5.41) is 6.44. The zero-order valence-corrected chi connectivity index (χ0v) is 15.0. The maximum absolute atomic E-state index is 2.33. The van der Waals surface area contributed by atoms with E-state index in [1.54, 1.807) is 0 Å². The van der Waals surface area contributed by atoms with Crippen LogP contribution in [0.1, 0.15) is 5.56 Å². The van der Waals surface area contributed by atoms with Crippen LogP contribution in [0.2, 0.25) is 0 Å². The van der Waals surface area contributed by atoms with Crippen molar-refractivity contribution in [1.29, 1.82) is 0 Å². The van der Waals surface area contributed by atoms with Gasteiger partial charge in [-0.15, -0.1) is 0 Å². The highest BCUT2D eigenvalue weighted by molar-refractivity contribution is 6.00. The zero-order valence-electron chi connectivity index (χ0n) is 15.0. The summed E-state index contributed by atoms with van der Waals surface area (Å²) in [6.45, 7) is 2.21. The number of pyridine rings is 1. The number of hydrogen-bond donors (Lipinski definition) is 0. The molecule has 5 rings (SSSR count). The smallest absolute Gasteiger partial charge is 0.194 e. The number of aromatic nitrogens is 1. The summed E-state index contributed by atoms with van der Waals surface area (Å²) >= 11 is 0. The van der Waals surface area contributed by atoms with E-state index in [0.717, 1.165) is 0 Å². The summed E-state index contributed by atoms with van der Waals surface area (Å²) in [6.07, 6.45) is 0. The van der Waals surface area contributed by atoms with Gasteiger partial charge in [0, 0.05) is 23.1 Å². The molecule has 0 aliphatic rings. The average Bonchev–Trinajstić information content (AvgIpc) is 2.67. The molecule has 1 aromatic heterocycles. The summed E-state index contributed by atoms with van der Waals surface area (Å²) in [7, 11) is 2.15. The summed E-state index contributed by atoms with van der Waals surface area (Å²) in [4.78, 5) is 0. The average molecular weight is 334 g/mol. The van der Waals surface area contributed by atoms with Crippen LogP contribution < -0.4 is 4.57 Å². The molecule has 0 aliphatic heterocycles. The number of hydrogen-bond acceptors (Lipinski definition) is 0. The van der Waals surface area contributed by atoms with Crippen LogP contribution in [0.4, 0.5) is 0 Å². The third-order valence-electron chi connectivity index (χ3n) is 5.40. The molecule has 5 aromatic rings. The molecule has 0 fully saturated rings. The van der Waals surface area contributed by atoms with E-state index >= 15 is 0 Å². The Balaban J connectivity index is 1.80. The van der Waals surface area contributed by atoms with Gasteiger partial charge in [0.05, 0.1) is 0 Å². The Morgan fingerprint density at radius 1 is 0.577 bits per heavy atom. The lowest BCUT2D eigenvalue weighted by atomic mass is 9.96. The van der Waals surface area contributed by atoms with Crippen molar-refractivity contribution < 1.29 is 4.57 Å². The lowest BCUT2D eigenvalue weighted by molar-refractivity contribution is -0.633. The van der Waals surface area contributed by atoms with E-state index < -0.39 is 0 Å². The van der Waals surface area contributed by atoms with Gasteiger partial charge in [-0.1, -0.05) is 42.5 Å². The first-order valence-corrected chi connectivity index (χ1v) is 9.02. The highest BCUT2D eigenvalue weighted by Crippen LogP contribution is 2.30. The van der Waals surface area contributed by atoms with Gasteiger partial charge in [-0.05, 0) is 64.4 Å². The first-order valence-electron chi connectivity index (χ1n) is 9.02. The van der Waals surface area contributed by atoms with Crippen molar-refractivity contribution in [2.75, 3.05) is 0 Å². The van der Waals surface area contributed by atoms with Crippen molar-refractivity contribution in [3.8, 4) is 11.3 Å². The minimum Gasteiger partial charge on any atom is -0.194 e. The van der Waals surface area contributed by atoms with E-state index in [-0.39, 0.29) is 0 Å². The van der Waals surface area contributed by atoms with Gasteiger partial charge >= 0.3 is 0 Å². The van der Waals surface area contributed by atoms with Crippen LogP contribution in [0.15, 0.2) is 84.9 Å². The van der Waals surface area contributed by atoms with Crippen molar-refractivity contribution in [1.82, 2.24) is 0 Å². The summed E-state index contributed by atoms with van der Waals surface area (Å²) in [5.41, 5.74) is 5.10. The van der Waals surface area contributed by atoms with Gasteiger partial charge in [0.25, 0.3) is 0 Å². The third-order valence-corrected chi connectivity index (χ3v) is 5.40. The Labute approximate surface area is 153 Å². The predicted molar refractivity (Wildman–Crippen MR) is 110 cm³/mol. The van der Waals surface area contributed by atoms with Gasteiger partial charge in [0.1, 0.15) is 7.05 Å². The van der Waals surface area contributed by atoms with Crippen molar-refractivity contribution in [2.45, 2.75) is 6.92 Å². The van der Waals surface area contributed by atoms with Crippen LogP contribution >= 0.6 is 0 Å². The zero-order chi connectivity index (χ0) is 17.7. The monoisotopic (exact) mass is 334 g/mol. The Kier molecular flexibility index (Phi) is 3.29. The second-order valence-electron chi connectivity index (χ2n) is 7.05. The maximum atomic E-state index is 2.33. The van der Waals surface area contributed by atoms with E-state index in [0.29, 0.717) is 0 Å². The molecule has 0 saturated heterocycles. The largest absolute Gasteiger partial charge is 0.213 e. The fourth-order valence-corrected chi connectivity index (χ4v) is 4.00. The van der Waals surface area contributed by atoms with Gasteiger partial charge in [-0.2, -0.15) is 4.57 Å². The molecule has 0 radical (unpaired) electrons. The molecule has 1 nitrogen and oxygen atoms in total. The van der Waals surface area contributed by atoms with Gasteiger partial charge in [0.2, 0.25) is 11.2 Å². The van der Waals surface area contributed by atoms with Crippen molar-refractivity contribution in [3.63, 3.8) is 0 Å². The van der Waals surface area contributed by atoms with Crippen molar-refractivity contribution in [3.05, 3.63) is 90.5 Å². The van der Waals surface area contributed by atoms with Crippen LogP contribution in [0.25, 0.3) is 43.7 Å². The number of nitrogens with zero attached hydrogens (tertiary/aromatic N) is 1. The normalized spacial score (nSPS) is 11.5. The molecule has 124 valence electrons. The number of fused-ring (bicyclic) bond motifs is 3. The molecule has 4 aromatic carbocycles. The van der Waals surface area contributed by atoms with Crippen LogP contribution in [0.5, 0.6) is 0 Å². The molecule has 0 unspecified atom stereocenters. The number of aryl methyl sites for hydroxylation is 2. The van der Waals surface area contributed by atoms with Crippen LogP contribution in [0.3, 0.4) is 0 Å². The van der Waals surface area contributed by atoms with Crippen molar-refractivity contribution >= 4 is 32.4 Å². The molecule has 26 heavy (non-hydrogen) atoms. The standard InChI is InChI=1S/C25H20N/c1-17-13-21-14-19-8-3-4-9-20(19)15-22(21)16-23(17)25-12-11-18-7-5-6-10-24(18)26(25)2/h3-16H,1-2H3/q+1. The molecule has 1 heterocycles. The van der Waals surface area contributed by atoms with Gasteiger partial charge in [-0.3, -0.25) is 0 Å². The third kappa shape index (κ3) is 2.28. The lowest BCUT2D eigenvalue weighted by Crippen LogP contribution is -2.32. The van der Waals surface area contributed by atoms with Crippen LogP contribution in [-0.4, -0.2) is 0 Å². The fraction of sp³-hybridized carbons (Fsp3) is 0.0800. The Morgan fingerprint density at radius 3 is 1.92 bits per heavy atom. The minimum absolute atomic E-state index is 1.25. The molecule has 0 bridgehead atoms. The molecule has 0 aliphatic carbocycles. The highest BCUT2D eigenvalue weighted by Gasteiger charge is 2.16. The van der Waals surface area contributed by atoms with E-state index in [1.165, 1.54) is 49.3 Å². The maximum Gasteiger partial charge on any atom is 0.213 e. The lowest BCUT2D eigenvalue weighted by Gasteiger charge is -2.10. The van der Waals surface area contributed by atoms with Gasteiger partial charge in [0.15, 0.2) is 0 Å². The van der Waals surface area contributed by atoms with Gasteiger partial charge in [-0.25, -0.2) is 0 Å². The molecule has 0 amide bonds. The first-order chi connectivity index (χ1) is 12.7. The summed E-state index contributed by atoms with van der Waals surface area (Å²) in [5.74, 6) is 0. The molecule has 0 saturated carbocycles. The van der Waals surface area contributed by atoms with Gasteiger partial charge < -0.3 is 0 Å². The molecule has 0 atom stereocenters. The molecular weight excluding hydrogens is 314 g/mol. The number of para-hydroxylation sites is 1. The molecule has 0 spiro atoms. The minimum atomic E-state index is 1.25. The summed E-state index contributed by atoms with van der Waals surface area (Å²) in [6, 6.07) is 30.8. The second kappa shape index (κ2) is 5.67. The highest BCUT2D eigenvalue weighted by atomic mass is 14.9. The first kappa shape index (κ1) is 15.1. The molecular formula is C25H20N+. The van der Waals surface area contributed by atoms with E-state index in [4.69, 9.17) is 0 Å².